The van der Waals surface area contributed by atoms with Crippen LogP contribution in [0.1, 0.15) is 22.2 Å². The van der Waals surface area contributed by atoms with Gasteiger partial charge >= 0.3 is 0 Å². The monoisotopic (exact) mass is 168 g/mol. The van der Waals surface area contributed by atoms with Crippen LogP contribution in [0.2, 0.25) is 0 Å². The fourth-order valence-corrected chi connectivity index (χ4v) is 2.48. The molecule has 0 aliphatic carbocycles. The molecule has 0 atom stereocenters. The van der Waals surface area contributed by atoms with Gasteiger partial charge in [0.2, 0.25) is 0 Å². The van der Waals surface area contributed by atoms with Crippen molar-refractivity contribution in [3.05, 3.63) is 21.4 Å². The highest BCUT2D eigenvalue weighted by molar-refractivity contribution is 7.12. The van der Waals surface area contributed by atoms with E-state index in [1.165, 1.54) is 15.3 Å². The van der Waals surface area contributed by atoms with Gasteiger partial charge in [0.1, 0.15) is 0 Å². The van der Waals surface area contributed by atoms with E-state index in [2.05, 4.69) is 13.0 Å². The van der Waals surface area contributed by atoms with Crippen LogP contribution >= 0.6 is 11.3 Å². The second kappa shape index (κ2) is 2.95. The Morgan fingerprint density at radius 2 is 2.55 bits per heavy atom. The Morgan fingerprint density at radius 3 is 3.27 bits per heavy atom. The van der Waals surface area contributed by atoms with Gasteiger partial charge in [-0.05, 0) is 24.5 Å². The standard InChI is InChI=1S/C9H12OS/c1-2-8-5-7-3-4-10-6-9(7)11-8/h5H,2-4,6H2,1H3. The zero-order chi connectivity index (χ0) is 7.68. The molecule has 0 aromatic carbocycles. The van der Waals surface area contributed by atoms with Gasteiger partial charge in [-0.3, -0.25) is 0 Å². The van der Waals surface area contributed by atoms with Crippen LogP contribution in [0.25, 0.3) is 0 Å². The van der Waals surface area contributed by atoms with Crippen LogP contribution in [0.15, 0.2) is 6.07 Å². The molecule has 0 bridgehead atoms. The maximum atomic E-state index is 5.36. The fourth-order valence-electron chi connectivity index (χ4n) is 1.38. The number of fused-ring (bicyclic) bond motifs is 1. The molecule has 0 saturated heterocycles. The van der Waals surface area contributed by atoms with E-state index in [0.717, 1.165) is 26.1 Å². The molecule has 1 aliphatic heterocycles. The smallest absolute Gasteiger partial charge is 0.0812 e. The molecule has 0 N–H and O–H groups in total. The maximum absolute atomic E-state index is 5.36. The van der Waals surface area contributed by atoms with Crippen LogP contribution in [0.4, 0.5) is 0 Å². The number of ether oxygens (including phenoxy) is 1. The highest BCUT2D eigenvalue weighted by Gasteiger charge is 2.12. The highest BCUT2D eigenvalue weighted by Crippen LogP contribution is 2.26. The zero-order valence-electron chi connectivity index (χ0n) is 6.72. The number of hydrogen-bond acceptors (Lipinski definition) is 2. The third kappa shape index (κ3) is 1.33. The number of rotatable bonds is 1. The first-order valence-corrected chi connectivity index (χ1v) is 4.90. The molecule has 11 heavy (non-hydrogen) atoms. The average Bonchev–Trinajstić information content (AvgIpc) is 2.46. The first-order valence-electron chi connectivity index (χ1n) is 4.08. The summed E-state index contributed by atoms with van der Waals surface area (Å²) in [7, 11) is 0. The topological polar surface area (TPSA) is 9.23 Å². The van der Waals surface area contributed by atoms with Gasteiger partial charge in [-0.2, -0.15) is 0 Å². The van der Waals surface area contributed by atoms with Crippen LogP contribution in [-0.4, -0.2) is 6.61 Å². The van der Waals surface area contributed by atoms with E-state index in [1.807, 2.05) is 11.3 Å². The molecule has 0 unspecified atom stereocenters. The molecular weight excluding hydrogens is 156 g/mol. The van der Waals surface area contributed by atoms with Crippen LogP contribution in [-0.2, 0) is 24.2 Å². The molecule has 2 rings (SSSR count). The molecule has 0 spiro atoms. The Hall–Kier alpha value is -0.340. The van der Waals surface area contributed by atoms with E-state index in [4.69, 9.17) is 4.74 Å². The minimum Gasteiger partial charge on any atom is -0.376 e. The van der Waals surface area contributed by atoms with Gasteiger partial charge in [0, 0.05) is 9.75 Å². The van der Waals surface area contributed by atoms with Gasteiger partial charge in [0.25, 0.3) is 0 Å². The van der Waals surface area contributed by atoms with E-state index in [1.54, 1.807) is 0 Å². The van der Waals surface area contributed by atoms with Crippen molar-refractivity contribution in [1.29, 1.82) is 0 Å². The predicted molar refractivity (Wildman–Crippen MR) is 47.1 cm³/mol. The van der Waals surface area contributed by atoms with E-state index >= 15 is 0 Å². The summed E-state index contributed by atoms with van der Waals surface area (Å²) in [6, 6.07) is 2.34. The predicted octanol–water partition coefficient (Wildman–Crippen LogP) is 2.38. The molecule has 0 radical (unpaired) electrons. The summed E-state index contributed by atoms with van der Waals surface area (Å²) in [5.41, 5.74) is 1.53. The summed E-state index contributed by atoms with van der Waals surface area (Å²) in [4.78, 5) is 2.95. The first-order chi connectivity index (χ1) is 5.40. The lowest BCUT2D eigenvalue weighted by atomic mass is 10.1. The lowest BCUT2D eigenvalue weighted by Gasteiger charge is -2.10. The molecule has 2 heteroatoms. The van der Waals surface area contributed by atoms with E-state index in [-0.39, 0.29) is 0 Å². The van der Waals surface area contributed by atoms with Gasteiger partial charge in [-0.1, -0.05) is 6.92 Å². The summed E-state index contributed by atoms with van der Waals surface area (Å²) in [6.45, 7) is 3.96. The molecule has 1 nitrogen and oxygen atoms in total. The molecule has 2 heterocycles. The normalized spacial score (nSPS) is 16.5. The summed E-state index contributed by atoms with van der Waals surface area (Å²) in [5, 5.41) is 0. The minimum absolute atomic E-state index is 0.847. The minimum atomic E-state index is 0.847. The van der Waals surface area contributed by atoms with Crippen LogP contribution in [0.3, 0.4) is 0 Å². The second-order valence-electron chi connectivity index (χ2n) is 2.82. The zero-order valence-corrected chi connectivity index (χ0v) is 7.54. The van der Waals surface area contributed by atoms with Gasteiger partial charge in [0.05, 0.1) is 13.2 Å². The summed E-state index contributed by atoms with van der Waals surface area (Å²) in [6.07, 6.45) is 2.28. The number of hydrogen-bond donors (Lipinski definition) is 0. The van der Waals surface area contributed by atoms with Crippen LogP contribution in [0, 0.1) is 0 Å². The summed E-state index contributed by atoms with van der Waals surface area (Å²) >= 11 is 1.91. The molecule has 0 fully saturated rings. The average molecular weight is 168 g/mol. The quantitative estimate of drug-likeness (QED) is 0.625. The van der Waals surface area contributed by atoms with Crippen molar-refractivity contribution in [2.24, 2.45) is 0 Å². The van der Waals surface area contributed by atoms with Gasteiger partial charge in [0.15, 0.2) is 0 Å². The highest BCUT2D eigenvalue weighted by atomic mass is 32.1. The number of thiophene rings is 1. The molecule has 1 aromatic rings. The van der Waals surface area contributed by atoms with Gasteiger partial charge in [-0.15, -0.1) is 11.3 Å². The van der Waals surface area contributed by atoms with E-state index in [9.17, 15) is 0 Å². The Bertz CT molecular complexity index is 229. The Kier molecular flexibility index (Phi) is 1.96. The Morgan fingerprint density at radius 1 is 1.64 bits per heavy atom. The molecule has 0 saturated carbocycles. The molecular formula is C9H12OS. The summed E-state index contributed by atoms with van der Waals surface area (Å²) in [5.74, 6) is 0. The van der Waals surface area contributed by atoms with Crippen molar-refractivity contribution in [3.8, 4) is 0 Å². The van der Waals surface area contributed by atoms with Crippen molar-refractivity contribution < 1.29 is 4.74 Å². The van der Waals surface area contributed by atoms with Crippen molar-refractivity contribution in [2.75, 3.05) is 6.61 Å². The molecule has 60 valence electrons. The van der Waals surface area contributed by atoms with Gasteiger partial charge in [-0.25, -0.2) is 0 Å². The largest absolute Gasteiger partial charge is 0.376 e. The van der Waals surface area contributed by atoms with Crippen molar-refractivity contribution in [2.45, 2.75) is 26.4 Å². The third-order valence-electron chi connectivity index (χ3n) is 2.05. The van der Waals surface area contributed by atoms with Crippen molar-refractivity contribution in [1.82, 2.24) is 0 Å². The fraction of sp³-hybridized carbons (Fsp3) is 0.556. The van der Waals surface area contributed by atoms with Crippen LogP contribution in [0.5, 0.6) is 0 Å². The number of aryl methyl sites for hydroxylation is 1. The SMILES string of the molecule is CCc1cc2c(s1)COCC2. The Labute approximate surface area is 71.0 Å². The maximum Gasteiger partial charge on any atom is 0.0812 e. The van der Waals surface area contributed by atoms with Gasteiger partial charge < -0.3 is 4.74 Å². The molecule has 1 aromatic heterocycles. The van der Waals surface area contributed by atoms with Crippen molar-refractivity contribution in [3.63, 3.8) is 0 Å². The lowest BCUT2D eigenvalue weighted by Crippen LogP contribution is -2.05. The van der Waals surface area contributed by atoms with Crippen LogP contribution < -0.4 is 0 Å². The molecule has 0 amide bonds. The van der Waals surface area contributed by atoms with Crippen molar-refractivity contribution >= 4 is 11.3 Å². The van der Waals surface area contributed by atoms with E-state index < -0.39 is 0 Å². The second-order valence-corrected chi connectivity index (χ2v) is 4.04. The first kappa shape index (κ1) is 7.32. The lowest BCUT2D eigenvalue weighted by molar-refractivity contribution is 0.113. The Balaban J connectivity index is 2.32. The molecule has 1 aliphatic rings. The van der Waals surface area contributed by atoms with E-state index in [0.29, 0.717) is 0 Å². The third-order valence-corrected chi connectivity index (χ3v) is 3.34. The summed E-state index contributed by atoms with van der Waals surface area (Å²) < 4.78 is 5.36.